The number of aliphatic hydroxyl groups is 1. The van der Waals surface area contributed by atoms with Gasteiger partial charge in [0, 0.05) is 36.9 Å². The molecule has 0 radical (unpaired) electrons. The molecule has 4 saturated carbocycles. The summed E-state index contributed by atoms with van der Waals surface area (Å²) in [7, 11) is 1.79. The molecule has 3 saturated heterocycles. The van der Waals surface area contributed by atoms with E-state index in [4.69, 9.17) is 14.2 Å². The highest BCUT2D eigenvalue weighted by Gasteiger charge is 2.85. The minimum absolute atomic E-state index is 0. The second-order valence-electron chi connectivity index (χ2n) is 12.6. The van der Waals surface area contributed by atoms with E-state index in [1.165, 1.54) is 0 Å². The fourth-order valence-electron chi connectivity index (χ4n) is 10.5. The number of methoxy groups -OCH3 is 1. The number of fused-ring (bicyclic) bond motifs is 2. The number of ether oxygens (including phenoxy) is 3. The molecule has 1 spiro atoms. The van der Waals surface area contributed by atoms with Gasteiger partial charge in [0.05, 0.1) is 23.2 Å². The van der Waals surface area contributed by atoms with E-state index in [-0.39, 0.29) is 71.2 Å². The Hall–Kier alpha value is -1.67. The molecule has 0 aromatic heterocycles. The predicted octanol–water partition coefficient (Wildman–Crippen LogP) is 3.47. The number of likely N-dealkylation sites (tertiary alicyclic amines) is 1. The van der Waals surface area contributed by atoms with Gasteiger partial charge in [0.2, 0.25) is 0 Å². The summed E-state index contributed by atoms with van der Waals surface area (Å²) >= 11 is 0. The molecule has 1 aromatic carbocycles. The molecular formula is C29H38ClNO6. The van der Waals surface area contributed by atoms with Gasteiger partial charge in [-0.05, 0) is 62.1 Å². The first-order chi connectivity index (χ1) is 17.3. The highest BCUT2D eigenvalue weighted by atomic mass is 35.5. The van der Waals surface area contributed by atoms with E-state index in [0.717, 1.165) is 32.4 Å². The minimum Gasteiger partial charge on any atom is -0.462 e. The summed E-state index contributed by atoms with van der Waals surface area (Å²) in [5.41, 5.74) is -1.23. The number of rotatable bonds is 4. The normalized spacial score (nSPS) is 49.0. The molecule has 2 unspecified atom stereocenters. The van der Waals surface area contributed by atoms with Crippen LogP contribution < -0.4 is 0 Å². The monoisotopic (exact) mass is 531 g/mol. The van der Waals surface area contributed by atoms with Gasteiger partial charge in [0.15, 0.2) is 0 Å². The molecule has 4 aliphatic carbocycles. The third-order valence-electron chi connectivity index (χ3n) is 11.3. The first-order valence-corrected chi connectivity index (χ1v) is 13.8. The molecule has 11 atom stereocenters. The average Bonchev–Trinajstić information content (AvgIpc) is 2.92. The Morgan fingerprint density at radius 1 is 1.22 bits per heavy atom. The largest absolute Gasteiger partial charge is 0.462 e. The van der Waals surface area contributed by atoms with Crippen molar-refractivity contribution in [1.82, 2.24) is 4.90 Å². The summed E-state index contributed by atoms with van der Waals surface area (Å²) in [4.78, 5) is 29.6. The summed E-state index contributed by atoms with van der Waals surface area (Å²) in [6.07, 6.45) is 3.10. The lowest BCUT2D eigenvalue weighted by molar-refractivity contribution is -0.269. The van der Waals surface area contributed by atoms with Crippen LogP contribution in [0.5, 0.6) is 0 Å². The molecule has 7 nitrogen and oxygen atoms in total. The van der Waals surface area contributed by atoms with E-state index in [1.807, 2.05) is 18.2 Å². The van der Waals surface area contributed by atoms with Crippen molar-refractivity contribution in [3.63, 3.8) is 0 Å². The molecule has 0 amide bonds. The fourth-order valence-corrected chi connectivity index (χ4v) is 10.5. The van der Waals surface area contributed by atoms with E-state index in [1.54, 1.807) is 19.2 Å². The van der Waals surface area contributed by atoms with Crippen LogP contribution in [0.4, 0.5) is 0 Å². The van der Waals surface area contributed by atoms with E-state index in [9.17, 15) is 14.7 Å². The SMILES string of the molecule is CCN1C[C@]2(C)CC[C@H](OC)C34[C@@H]5C[C@@H]6CC[C@](O)(C([C@@H](OC(=O)c7ccccc7)[C@@H]32)[C@@H]14)[C@H]5C(=O)O6.Cl. The van der Waals surface area contributed by atoms with Crippen LogP contribution >= 0.6 is 12.4 Å². The van der Waals surface area contributed by atoms with Crippen molar-refractivity contribution in [2.75, 3.05) is 20.2 Å². The van der Waals surface area contributed by atoms with Crippen molar-refractivity contribution in [2.24, 2.45) is 34.5 Å². The van der Waals surface area contributed by atoms with E-state index in [2.05, 4.69) is 18.7 Å². The molecule has 8 heteroatoms. The molecule has 37 heavy (non-hydrogen) atoms. The molecule has 1 aromatic rings. The number of hydrogen-bond acceptors (Lipinski definition) is 7. The van der Waals surface area contributed by atoms with Crippen LogP contribution in [0.2, 0.25) is 0 Å². The Morgan fingerprint density at radius 2 is 1.97 bits per heavy atom. The van der Waals surface area contributed by atoms with Crippen LogP contribution in [0.1, 0.15) is 56.3 Å². The lowest BCUT2D eigenvalue weighted by Crippen LogP contribution is -2.76. The third-order valence-corrected chi connectivity index (χ3v) is 11.3. The average molecular weight is 532 g/mol. The number of halogens is 1. The number of esters is 2. The van der Waals surface area contributed by atoms with E-state index < -0.39 is 17.6 Å². The van der Waals surface area contributed by atoms with Gasteiger partial charge >= 0.3 is 11.9 Å². The Labute approximate surface area is 224 Å². The summed E-state index contributed by atoms with van der Waals surface area (Å²) in [6, 6.07) is 9.13. The minimum atomic E-state index is -1.27. The Bertz CT molecular complexity index is 1100. The van der Waals surface area contributed by atoms with Crippen molar-refractivity contribution >= 4 is 24.3 Å². The second kappa shape index (κ2) is 8.41. The van der Waals surface area contributed by atoms with Gasteiger partial charge in [-0.15, -0.1) is 12.4 Å². The zero-order valence-corrected chi connectivity index (χ0v) is 22.6. The first-order valence-electron chi connectivity index (χ1n) is 13.8. The Balaban J connectivity index is 0.00000252. The number of piperidine rings is 1. The van der Waals surface area contributed by atoms with Crippen molar-refractivity contribution < 1.29 is 28.9 Å². The summed E-state index contributed by atoms with van der Waals surface area (Å²) in [5.74, 6) is -1.62. The highest BCUT2D eigenvalue weighted by molar-refractivity contribution is 5.89. The number of benzene rings is 1. The topological polar surface area (TPSA) is 85.3 Å². The van der Waals surface area contributed by atoms with Crippen molar-refractivity contribution in [3.05, 3.63) is 35.9 Å². The van der Waals surface area contributed by atoms with Crippen LogP contribution in [-0.2, 0) is 19.0 Å². The number of carbonyl (C=O) groups excluding carboxylic acids is 2. The molecule has 8 rings (SSSR count). The molecule has 9 bridgehead atoms. The predicted molar refractivity (Wildman–Crippen MR) is 137 cm³/mol. The van der Waals surface area contributed by atoms with Gasteiger partial charge in [0.25, 0.3) is 0 Å². The second-order valence-corrected chi connectivity index (χ2v) is 12.6. The standard InChI is InChI=1S/C29H37NO6.ClH/c1-4-30-15-27(2)12-11-19(34-3)29-18-14-17-10-13-28(33,20(18)26(32)35-17)21(24(29)30)22(23(27)29)36-25(31)16-8-6-5-7-9-16;/h5-9,17-24,33H,4,10-15H2,1-3H3;1H/t17-,18+,19-,20+,21?,22+,23+,24+,27-,28+,29?;/m0./s1. The van der Waals surface area contributed by atoms with Crippen LogP contribution in [0, 0.1) is 34.5 Å². The molecule has 7 aliphatic rings. The van der Waals surface area contributed by atoms with Crippen LogP contribution in [0.3, 0.4) is 0 Å². The van der Waals surface area contributed by atoms with Gasteiger partial charge in [-0.25, -0.2) is 4.79 Å². The fraction of sp³-hybridized carbons (Fsp3) is 0.724. The number of hydrogen-bond donors (Lipinski definition) is 1. The van der Waals surface area contributed by atoms with E-state index >= 15 is 0 Å². The maximum atomic E-state index is 13.5. The lowest BCUT2D eigenvalue weighted by atomic mass is 9.42. The first kappa shape index (κ1) is 25.6. The molecule has 7 fully saturated rings. The van der Waals surface area contributed by atoms with Crippen LogP contribution in [0.25, 0.3) is 0 Å². The van der Waals surface area contributed by atoms with Gasteiger partial charge in [0.1, 0.15) is 12.2 Å². The Kier molecular flexibility index (Phi) is 5.82. The molecule has 3 aliphatic heterocycles. The molecule has 202 valence electrons. The van der Waals surface area contributed by atoms with Crippen LogP contribution in [0.15, 0.2) is 30.3 Å². The summed E-state index contributed by atoms with van der Waals surface area (Å²) in [6.45, 7) is 6.29. The summed E-state index contributed by atoms with van der Waals surface area (Å²) in [5, 5.41) is 12.6. The van der Waals surface area contributed by atoms with Gasteiger partial charge in [-0.1, -0.05) is 32.0 Å². The number of nitrogens with zero attached hydrogens (tertiary/aromatic N) is 1. The van der Waals surface area contributed by atoms with Crippen molar-refractivity contribution in [2.45, 2.75) is 75.9 Å². The van der Waals surface area contributed by atoms with Crippen molar-refractivity contribution in [3.8, 4) is 0 Å². The molecular weight excluding hydrogens is 494 g/mol. The van der Waals surface area contributed by atoms with Crippen molar-refractivity contribution in [1.29, 1.82) is 0 Å². The smallest absolute Gasteiger partial charge is 0.338 e. The van der Waals surface area contributed by atoms with Crippen LogP contribution in [-0.4, -0.2) is 72.1 Å². The zero-order valence-electron chi connectivity index (χ0n) is 21.8. The van der Waals surface area contributed by atoms with Gasteiger partial charge in [-0.2, -0.15) is 0 Å². The third kappa shape index (κ3) is 3.00. The lowest BCUT2D eigenvalue weighted by Gasteiger charge is -2.69. The number of carbonyl (C=O) groups is 2. The molecule has 1 N–H and O–H groups in total. The maximum Gasteiger partial charge on any atom is 0.338 e. The quantitative estimate of drug-likeness (QED) is 0.595. The maximum absolute atomic E-state index is 13.5. The molecule has 3 heterocycles. The van der Waals surface area contributed by atoms with Gasteiger partial charge in [-0.3, -0.25) is 9.69 Å². The highest BCUT2D eigenvalue weighted by Crippen LogP contribution is 2.77. The Morgan fingerprint density at radius 3 is 2.68 bits per heavy atom. The zero-order chi connectivity index (χ0) is 25.0. The van der Waals surface area contributed by atoms with E-state index in [0.29, 0.717) is 18.4 Å². The van der Waals surface area contributed by atoms with Gasteiger partial charge < -0.3 is 19.3 Å². The summed E-state index contributed by atoms with van der Waals surface area (Å²) < 4.78 is 18.7.